The number of hydrogen-bond acceptors (Lipinski definition) is 4. The van der Waals surface area contributed by atoms with Gasteiger partial charge in [0, 0.05) is 32.7 Å². The van der Waals surface area contributed by atoms with Crippen LogP contribution in [-0.2, 0) is 14.8 Å². The molecule has 32 heavy (non-hydrogen) atoms. The van der Waals surface area contributed by atoms with Crippen molar-refractivity contribution in [2.24, 2.45) is 0 Å². The highest BCUT2D eigenvalue weighted by Gasteiger charge is 2.35. The Morgan fingerprint density at radius 2 is 1.69 bits per heavy atom. The number of nitrogens with zero attached hydrogens (tertiary/aromatic N) is 3. The zero-order valence-electron chi connectivity index (χ0n) is 18.5. The summed E-state index contributed by atoms with van der Waals surface area (Å²) in [7, 11) is -3.73. The molecule has 2 aromatic carbocycles. The lowest BCUT2D eigenvalue weighted by atomic mass is 10.1. The second kappa shape index (κ2) is 10.7. The summed E-state index contributed by atoms with van der Waals surface area (Å²) in [5.41, 5.74) is 1.44. The molecular weight excluding hydrogens is 429 g/mol. The van der Waals surface area contributed by atoms with E-state index in [9.17, 15) is 17.6 Å². The van der Waals surface area contributed by atoms with E-state index < -0.39 is 21.9 Å². The lowest BCUT2D eigenvalue weighted by Gasteiger charge is -2.38. The number of benzene rings is 2. The number of halogens is 1. The largest absolute Gasteiger partial charge is 0.338 e. The fourth-order valence-electron chi connectivity index (χ4n) is 3.89. The van der Waals surface area contributed by atoms with Crippen LogP contribution in [0.1, 0.15) is 18.9 Å². The van der Waals surface area contributed by atoms with E-state index in [2.05, 4.69) is 17.1 Å². The number of carbonyl (C=O) groups is 1. The van der Waals surface area contributed by atoms with Gasteiger partial charge in [-0.2, -0.15) is 0 Å². The van der Waals surface area contributed by atoms with Crippen LogP contribution in [0.25, 0.3) is 6.08 Å². The molecule has 1 fully saturated rings. The van der Waals surface area contributed by atoms with Crippen molar-refractivity contribution < 1.29 is 17.6 Å². The molecule has 0 N–H and O–H groups in total. The van der Waals surface area contributed by atoms with Crippen LogP contribution < -0.4 is 4.31 Å². The van der Waals surface area contributed by atoms with Crippen molar-refractivity contribution in [3.05, 3.63) is 72.1 Å². The molecule has 0 radical (unpaired) electrons. The summed E-state index contributed by atoms with van der Waals surface area (Å²) in [4.78, 5) is 17.3. The number of amides is 1. The normalized spacial score (nSPS) is 16.3. The minimum absolute atomic E-state index is 0.221. The Labute approximate surface area is 190 Å². The van der Waals surface area contributed by atoms with Crippen LogP contribution in [0.2, 0.25) is 0 Å². The van der Waals surface area contributed by atoms with Crippen molar-refractivity contribution in [3.63, 3.8) is 0 Å². The summed E-state index contributed by atoms with van der Waals surface area (Å²) >= 11 is 0. The van der Waals surface area contributed by atoms with Gasteiger partial charge in [-0.25, -0.2) is 12.8 Å². The van der Waals surface area contributed by atoms with Crippen LogP contribution in [0.3, 0.4) is 0 Å². The molecule has 2 aromatic rings. The van der Waals surface area contributed by atoms with Crippen LogP contribution >= 0.6 is 0 Å². The number of anilines is 1. The van der Waals surface area contributed by atoms with Gasteiger partial charge in [-0.3, -0.25) is 14.0 Å². The van der Waals surface area contributed by atoms with Crippen LogP contribution in [-0.4, -0.2) is 69.1 Å². The van der Waals surface area contributed by atoms with Gasteiger partial charge in [-0.05, 0) is 36.2 Å². The van der Waals surface area contributed by atoms with Crippen molar-refractivity contribution in [1.29, 1.82) is 0 Å². The molecule has 1 atom stereocenters. The highest BCUT2D eigenvalue weighted by atomic mass is 32.2. The SMILES string of the molecule is CCC(C(=O)N1CCN(C/C=C/c2ccccc2)CC1)N(c1ccc(F)cc1)S(C)(=O)=O. The van der Waals surface area contributed by atoms with Crippen LogP contribution in [0.5, 0.6) is 0 Å². The maximum atomic E-state index is 13.3. The first kappa shape index (κ1) is 23.9. The monoisotopic (exact) mass is 459 g/mol. The third-order valence-corrected chi connectivity index (χ3v) is 6.73. The van der Waals surface area contributed by atoms with Gasteiger partial charge in [0.1, 0.15) is 11.9 Å². The molecule has 8 heteroatoms. The minimum Gasteiger partial charge on any atom is -0.338 e. The molecule has 1 amide bonds. The lowest BCUT2D eigenvalue weighted by molar-refractivity contribution is -0.134. The molecule has 0 spiro atoms. The maximum Gasteiger partial charge on any atom is 0.246 e. The number of sulfonamides is 1. The van der Waals surface area contributed by atoms with Crippen LogP contribution in [0, 0.1) is 5.82 Å². The van der Waals surface area contributed by atoms with Crippen LogP contribution in [0.15, 0.2) is 60.7 Å². The Morgan fingerprint density at radius 1 is 1.06 bits per heavy atom. The molecule has 3 rings (SSSR count). The molecule has 0 saturated carbocycles. The number of piperazine rings is 1. The quantitative estimate of drug-likeness (QED) is 0.608. The van der Waals surface area contributed by atoms with E-state index in [1.54, 1.807) is 11.8 Å². The molecule has 172 valence electrons. The first-order chi connectivity index (χ1) is 15.3. The van der Waals surface area contributed by atoms with E-state index in [0.29, 0.717) is 25.2 Å². The zero-order valence-corrected chi connectivity index (χ0v) is 19.3. The van der Waals surface area contributed by atoms with E-state index >= 15 is 0 Å². The van der Waals surface area contributed by atoms with Gasteiger partial charge in [0.15, 0.2) is 0 Å². The summed E-state index contributed by atoms with van der Waals surface area (Å²) < 4.78 is 39.5. The van der Waals surface area contributed by atoms with E-state index in [1.165, 1.54) is 24.3 Å². The molecule has 1 saturated heterocycles. The Bertz CT molecular complexity index is 1020. The minimum atomic E-state index is -3.73. The smallest absolute Gasteiger partial charge is 0.246 e. The van der Waals surface area contributed by atoms with E-state index in [-0.39, 0.29) is 5.91 Å². The number of rotatable bonds is 8. The lowest BCUT2D eigenvalue weighted by Crippen LogP contribution is -2.55. The van der Waals surface area contributed by atoms with Crippen molar-refractivity contribution in [2.45, 2.75) is 19.4 Å². The van der Waals surface area contributed by atoms with Gasteiger partial charge in [0.25, 0.3) is 0 Å². The van der Waals surface area contributed by atoms with E-state index in [0.717, 1.165) is 35.8 Å². The average molecular weight is 460 g/mol. The Morgan fingerprint density at radius 3 is 2.25 bits per heavy atom. The van der Waals surface area contributed by atoms with Gasteiger partial charge in [0.2, 0.25) is 15.9 Å². The number of hydrogen-bond donors (Lipinski definition) is 0. The summed E-state index contributed by atoms with van der Waals surface area (Å²) in [6, 6.07) is 14.4. The molecule has 6 nitrogen and oxygen atoms in total. The summed E-state index contributed by atoms with van der Waals surface area (Å²) in [5, 5.41) is 0. The summed E-state index contributed by atoms with van der Waals surface area (Å²) in [5.74, 6) is -0.680. The third kappa shape index (κ3) is 6.17. The highest BCUT2D eigenvalue weighted by Crippen LogP contribution is 2.24. The zero-order chi connectivity index (χ0) is 23.1. The topological polar surface area (TPSA) is 60.9 Å². The molecule has 1 heterocycles. The van der Waals surface area contributed by atoms with Gasteiger partial charge in [-0.15, -0.1) is 0 Å². The number of carbonyl (C=O) groups excluding carboxylic acids is 1. The second-order valence-corrected chi connectivity index (χ2v) is 9.76. The van der Waals surface area contributed by atoms with Gasteiger partial charge in [-0.1, -0.05) is 49.4 Å². The fraction of sp³-hybridized carbons (Fsp3) is 0.375. The first-order valence-corrected chi connectivity index (χ1v) is 12.6. The van der Waals surface area contributed by atoms with Crippen molar-refractivity contribution >= 4 is 27.7 Å². The predicted octanol–water partition coefficient (Wildman–Crippen LogP) is 3.23. The molecule has 0 aliphatic carbocycles. The van der Waals surface area contributed by atoms with Crippen LogP contribution in [0.4, 0.5) is 10.1 Å². The molecule has 0 bridgehead atoms. The molecule has 1 unspecified atom stereocenters. The van der Waals surface area contributed by atoms with Gasteiger partial charge < -0.3 is 4.90 Å². The molecule has 1 aliphatic heterocycles. The van der Waals surface area contributed by atoms with Gasteiger partial charge in [0.05, 0.1) is 11.9 Å². The third-order valence-electron chi connectivity index (χ3n) is 5.55. The highest BCUT2D eigenvalue weighted by molar-refractivity contribution is 7.92. The van der Waals surface area contributed by atoms with Gasteiger partial charge >= 0.3 is 0 Å². The van der Waals surface area contributed by atoms with Crippen molar-refractivity contribution in [2.75, 3.05) is 43.3 Å². The molecule has 0 aromatic heterocycles. The van der Waals surface area contributed by atoms with E-state index in [1.807, 2.05) is 30.3 Å². The van der Waals surface area contributed by atoms with Crippen molar-refractivity contribution in [3.8, 4) is 0 Å². The second-order valence-electron chi connectivity index (χ2n) is 7.90. The summed E-state index contributed by atoms with van der Waals surface area (Å²) in [6.07, 6.45) is 5.59. The van der Waals surface area contributed by atoms with Crippen molar-refractivity contribution in [1.82, 2.24) is 9.80 Å². The average Bonchev–Trinajstić information content (AvgIpc) is 2.78. The Hall–Kier alpha value is -2.71. The first-order valence-electron chi connectivity index (χ1n) is 10.8. The predicted molar refractivity (Wildman–Crippen MR) is 126 cm³/mol. The summed E-state index contributed by atoms with van der Waals surface area (Å²) in [6.45, 7) is 5.09. The Kier molecular flexibility index (Phi) is 8.04. The fourth-order valence-corrected chi connectivity index (χ4v) is 5.10. The Balaban J connectivity index is 1.64. The molecular formula is C24H30FN3O3S. The van der Waals surface area contributed by atoms with E-state index in [4.69, 9.17) is 0 Å². The standard InChI is InChI=1S/C24H30FN3O3S/c1-3-23(28(32(2,30)31)22-13-11-21(25)12-14-22)24(29)27-18-16-26(17-19-27)15-7-10-20-8-5-4-6-9-20/h4-14,23H,3,15-19H2,1-2H3/b10-7+. The maximum absolute atomic E-state index is 13.3. The molecule has 1 aliphatic rings.